The molecule has 0 saturated heterocycles. The Morgan fingerprint density at radius 1 is 1.57 bits per heavy atom. The summed E-state index contributed by atoms with van der Waals surface area (Å²) in [6.07, 6.45) is 7.04. The molecule has 0 aromatic carbocycles. The smallest absolute Gasteiger partial charge is 0.0702 e. The first kappa shape index (κ1) is 9.09. The van der Waals surface area contributed by atoms with E-state index in [1.807, 2.05) is 16.9 Å². The molecule has 0 aliphatic heterocycles. The minimum Gasteiger partial charge on any atom is -0.269 e. The molecule has 1 fully saturated rings. The minimum atomic E-state index is 0.357. The van der Waals surface area contributed by atoms with Crippen LogP contribution in [0.25, 0.3) is 10.4 Å². The third-order valence-corrected chi connectivity index (χ3v) is 2.66. The fraction of sp³-hybridized carbons (Fsp3) is 0.667. The Morgan fingerprint density at radius 3 is 3.07 bits per heavy atom. The van der Waals surface area contributed by atoms with Crippen molar-refractivity contribution in [3.05, 3.63) is 28.4 Å². The molecule has 0 bridgehead atoms. The summed E-state index contributed by atoms with van der Waals surface area (Å²) >= 11 is 0. The Hall–Kier alpha value is -1.48. The van der Waals surface area contributed by atoms with Crippen molar-refractivity contribution in [1.82, 2.24) is 9.78 Å². The monoisotopic (exact) mass is 191 g/mol. The Labute approximate surface area is 82.4 Å². The van der Waals surface area contributed by atoms with E-state index in [2.05, 4.69) is 15.1 Å². The van der Waals surface area contributed by atoms with Gasteiger partial charge in [-0.1, -0.05) is 18.0 Å². The van der Waals surface area contributed by atoms with Crippen LogP contribution in [0, 0.1) is 0 Å². The number of nitrogens with zero attached hydrogens (tertiary/aromatic N) is 5. The average Bonchev–Trinajstić information content (AvgIpc) is 2.85. The molecule has 5 nitrogen and oxygen atoms in total. The van der Waals surface area contributed by atoms with Gasteiger partial charge in [0.15, 0.2) is 0 Å². The Morgan fingerprint density at radius 2 is 2.36 bits per heavy atom. The third kappa shape index (κ3) is 1.88. The van der Waals surface area contributed by atoms with Crippen LogP contribution in [-0.2, 0) is 6.54 Å². The van der Waals surface area contributed by atoms with Crippen molar-refractivity contribution in [2.75, 3.05) is 0 Å². The lowest BCUT2D eigenvalue weighted by atomic mass is 10.3. The Bertz CT molecular complexity index is 344. The van der Waals surface area contributed by atoms with Crippen molar-refractivity contribution in [2.45, 2.75) is 38.3 Å². The highest BCUT2D eigenvalue weighted by molar-refractivity contribution is 4.99. The first-order valence-electron chi connectivity index (χ1n) is 4.95. The molecule has 5 heteroatoms. The molecule has 0 amide bonds. The number of hydrogen-bond acceptors (Lipinski definition) is 2. The zero-order valence-corrected chi connectivity index (χ0v) is 8.00. The second kappa shape index (κ2) is 4.15. The molecular formula is C9H13N5. The van der Waals surface area contributed by atoms with Crippen LogP contribution in [0.4, 0.5) is 0 Å². The fourth-order valence-electron chi connectivity index (χ4n) is 1.94. The summed E-state index contributed by atoms with van der Waals surface area (Å²) < 4.78 is 2.01. The van der Waals surface area contributed by atoms with Crippen LogP contribution < -0.4 is 0 Å². The van der Waals surface area contributed by atoms with Crippen LogP contribution in [0.3, 0.4) is 0 Å². The van der Waals surface area contributed by atoms with Gasteiger partial charge >= 0.3 is 0 Å². The van der Waals surface area contributed by atoms with E-state index in [-0.39, 0.29) is 0 Å². The number of hydrogen-bond donors (Lipinski definition) is 0. The van der Waals surface area contributed by atoms with E-state index in [4.69, 9.17) is 5.53 Å². The molecule has 0 spiro atoms. The van der Waals surface area contributed by atoms with Crippen molar-refractivity contribution in [1.29, 1.82) is 0 Å². The molecular weight excluding hydrogens is 178 g/mol. The van der Waals surface area contributed by atoms with Crippen LogP contribution in [-0.4, -0.2) is 9.78 Å². The van der Waals surface area contributed by atoms with Gasteiger partial charge in [0, 0.05) is 11.1 Å². The predicted molar refractivity (Wildman–Crippen MR) is 52.6 cm³/mol. The highest BCUT2D eigenvalue weighted by atomic mass is 15.3. The van der Waals surface area contributed by atoms with Crippen molar-refractivity contribution >= 4 is 0 Å². The highest BCUT2D eigenvalue weighted by Crippen LogP contribution is 2.28. The maximum absolute atomic E-state index is 8.17. The van der Waals surface area contributed by atoms with Crippen LogP contribution in [0.5, 0.6) is 0 Å². The van der Waals surface area contributed by atoms with Crippen molar-refractivity contribution in [2.24, 2.45) is 5.11 Å². The van der Waals surface area contributed by atoms with Gasteiger partial charge in [-0.2, -0.15) is 5.10 Å². The standard InChI is InChI=1S/C9H13N5/c10-13-11-7-8-5-6-14(12-8)9-3-1-2-4-9/h5-6,9H,1-4,7H2. The van der Waals surface area contributed by atoms with Gasteiger partial charge in [0.1, 0.15) is 0 Å². The lowest BCUT2D eigenvalue weighted by Gasteiger charge is -2.08. The molecule has 74 valence electrons. The summed E-state index contributed by atoms with van der Waals surface area (Å²) in [6, 6.07) is 2.49. The van der Waals surface area contributed by atoms with Crippen molar-refractivity contribution < 1.29 is 0 Å². The SMILES string of the molecule is [N-]=[N+]=NCc1ccn(C2CCCC2)n1. The third-order valence-electron chi connectivity index (χ3n) is 2.66. The van der Waals surface area contributed by atoms with E-state index < -0.39 is 0 Å². The second-order valence-electron chi connectivity index (χ2n) is 3.61. The van der Waals surface area contributed by atoms with E-state index in [9.17, 15) is 0 Å². The summed E-state index contributed by atoms with van der Waals surface area (Å²) in [4.78, 5) is 2.71. The molecule has 0 unspecified atom stereocenters. The number of azide groups is 1. The fourth-order valence-corrected chi connectivity index (χ4v) is 1.94. The molecule has 0 N–H and O–H groups in total. The van der Waals surface area contributed by atoms with E-state index in [0.717, 1.165) is 5.69 Å². The van der Waals surface area contributed by atoms with E-state index >= 15 is 0 Å². The lowest BCUT2D eigenvalue weighted by Crippen LogP contribution is -2.05. The zero-order chi connectivity index (χ0) is 9.80. The summed E-state index contributed by atoms with van der Waals surface area (Å²) in [5.74, 6) is 0. The quantitative estimate of drug-likeness (QED) is 0.411. The molecule has 2 rings (SSSR count). The van der Waals surface area contributed by atoms with Gasteiger partial charge in [0.2, 0.25) is 0 Å². The van der Waals surface area contributed by atoms with Gasteiger partial charge in [0.25, 0.3) is 0 Å². The second-order valence-corrected chi connectivity index (χ2v) is 3.61. The van der Waals surface area contributed by atoms with Crippen molar-refractivity contribution in [3.8, 4) is 0 Å². The highest BCUT2D eigenvalue weighted by Gasteiger charge is 2.17. The first-order chi connectivity index (χ1) is 6.90. The molecule has 14 heavy (non-hydrogen) atoms. The molecule has 0 radical (unpaired) electrons. The minimum absolute atomic E-state index is 0.357. The van der Waals surface area contributed by atoms with Gasteiger partial charge in [-0.05, 0) is 24.4 Å². The molecule has 1 aromatic rings. The Kier molecular flexibility index (Phi) is 2.70. The van der Waals surface area contributed by atoms with Gasteiger partial charge in [-0.25, -0.2) is 0 Å². The van der Waals surface area contributed by atoms with Crippen LogP contribution in [0.2, 0.25) is 0 Å². The summed E-state index contributed by atoms with van der Waals surface area (Å²) in [6.45, 7) is 0.357. The summed E-state index contributed by atoms with van der Waals surface area (Å²) in [7, 11) is 0. The van der Waals surface area contributed by atoms with Crippen LogP contribution in [0.1, 0.15) is 37.4 Å². The Balaban J connectivity index is 2.04. The number of rotatable bonds is 3. The molecule has 1 aliphatic carbocycles. The first-order valence-corrected chi connectivity index (χ1v) is 4.95. The largest absolute Gasteiger partial charge is 0.269 e. The molecule has 1 aliphatic rings. The maximum Gasteiger partial charge on any atom is 0.0702 e. The van der Waals surface area contributed by atoms with Crippen LogP contribution >= 0.6 is 0 Å². The van der Waals surface area contributed by atoms with E-state index in [1.165, 1.54) is 25.7 Å². The van der Waals surface area contributed by atoms with Gasteiger partial charge in [-0.3, -0.25) is 4.68 Å². The maximum atomic E-state index is 8.17. The molecule has 0 atom stereocenters. The van der Waals surface area contributed by atoms with Gasteiger partial charge in [0.05, 0.1) is 18.3 Å². The predicted octanol–water partition coefficient (Wildman–Crippen LogP) is 2.81. The van der Waals surface area contributed by atoms with E-state index in [0.29, 0.717) is 12.6 Å². The summed E-state index contributed by atoms with van der Waals surface area (Å²) in [5.41, 5.74) is 9.03. The number of aromatic nitrogens is 2. The van der Waals surface area contributed by atoms with Gasteiger partial charge < -0.3 is 0 Å². The zero-order valence-electron chi connectivity index (χ0n) is 8.00. The molecule has 1 aromatic heterocycles. The van der Waals surface area contributed by atoms with Gasteiger partial charge in [-0.15, -0.1) is 0 Å². The van der Waals surface area contributed by atoms with Crippen molar-refractivity contribution in [3.63, 3.8) is 0 Å². The molecule has 1 heterocycles. The lowest BCUT2D eigenvalue weighted by molar-refractivity contribution is 0.463. The normalized spacial score (nSPS) is 16.9. The van der Waals surface area contributed by atoms with Crippen LogP contribution in [0.15, 0.2) is 17.4 Å². The topological polar surface area (TPSA) is 66.6 Å². The summed E-state index contributed by atoms with van der Waals surface area (Å²) in [5, 5.41) is 7.87. The molecule has 1 saturated carbocycles. The average molecular weight is 191 g/mol. The van der Waals surface area contributed by atoms with E-state index in [1.54, 1.807) is 0 Å².